The van der Waals surface area contributed by atoms with E-state index in [2.05, 4.69) is 41.5 Å². The van der Waals surface area contributed by atoms with Gasteiger partial charge in [0.1, 0.15) is 0 Å². The molecule has 0 fully saturated rings. The fourth-order valence-corrected chi connectivity index (χ4v) is 3.43. The van der Waals surface area contributed by atoms with Crippen LogP contribution >= 0.6 is 28.1 Å². The number of halogens is 1. The molecule has 2 aromatic carbocycles. The topological polar surface area (TPSA) is 62.7 Å². The Labute approximate surface area is 188 Å². The molecule has 4 rings (SSSR count). The SMILES string of the molecule is Cc1ccc(NC(=S)Nc2nc(-c3ccccc3)cc(-c3cncc(Br)c3)n2)cc1. The number of nitrogens with one attached hydrogen (secondary N) is 2. The maximum Gasteiger partial charge on any atom is 0.230 e. The third-order valence-electron chi connectivity index (χ3n) is 4.33. The second kappa shape index (κ2) is 9.11. The van der Waals surface area contributed by atoms with Gasteiger partial charge in [0.2, 0.25) is 5.95 Å². The van der Waals surface area contributed by atoms with E-state index in [9.17, 15) is 0 Å². The molecule has 4 aromatic rings. The first-order valence-corrected chi connectivity index (χ1v) is 10.5. The summed E-state index contributed by atoms with van der Waals surface area (Å²) in [5.74, 6) is 0.413. The van der Waals surface area contributed by atoms with Crippen molar-refractivity contribution in [1.29, 1.82) is 0 Å². The molecule has 0 spiro atoms. The van der Waals surface area contributed by atoms with E-state index in [-0.39, 0.29) is 0 Å². The molecule has 0 bridgehead atoms. The summed E-state index contributed by atoms with van der Waals surface area (Å²) in [5.41, 5.74) is 5.49. The van der Waals surface area contributed by atoms with E-state index >= 15 is 0 Å². The van der Waals surface area contributed by atoms with Gasteiger partial charge in [-0.25, -0.2) is 9.97 Å². The van der Waals surface area contributed by atoms with Gasteiger partial charge in [0, 0.05) is 33.7 Å². The van der Waals surface area contributed by atoms with E-state index in [1.807, 2.05) is 73.7 Å². The molecule has 2 N–H and O–H groups in total. The van der Waals surface area contributed by atoms with Crippen molar-refractivity contribution in [3.05, 3.63) is 89.2 Å². The largest absolute Gasteiger partial charge is 0.332 e. The molecule has 5 nitrogen and oxygen atoms in total. The summed E-state index contributed by atoms with van der Waals surface area (Å²) in [6.45, 7) is 2.04. The van der Waals surface area contributed by atoms with Crippen LogP contribution in [0.2, 0.25) is 0 Å². The summed E-state index contributed by atoms with van der Waals surface area (Å²) >= 11 is 8.94. The first-order chi connectivity index (χ1) is 14.6. The Morgan fingerprint density at radius 2 is 1.53 bits per heavy atom. The Hall–Kier alpha value is -3.16. The van der Waals surface area contributed by atoms with Crippen molar-refractivity contribution in [2.24, 2.45) is 0 Å². The van der Waals surface area contributed by atoms with Gasteiger partial charge < -0.3 is 10.6 Å². The number of hydrogen-bond acceptors (Lipinski definition) is 4. The van der Waals surface area contributed by atoms with Crippen molar-refractivity contribution in [1.82, 2.24) is 15.0 Å². The number of aryl methyl sites for hydroxylation is 1. The standard InChI is InChI=1S/C23H18BrN5S/c1-15-7-9-19(10-8-15)26-23(30)29-22-27-20(16-5-3-2-4-6-16)12-21(28-22)17-11-18(24)14-25-13-17/h2-14H,1H3,(H2,26,27,28,29,30). The summed E-state index contributed by atoms with van der Waals surface area (Å²) in [5, 5.41) is 6.69. The number of anilines is 2. The monoisotopic (exact) mass is 475 g/mol. The average Bonchev–Trinajstić information content (AvgIpc) is 2.76. The predicted octanol–water partition coefficient (Wildman–Crippen LogP) is 6.09. The van der Waals surface area contributed by atoms with Crippen molar-refractivity contribution >= 4 is 44.9 Å². The lowest BCUT2D eigenvalue weighted by Gasteiger charge is -2.12. The van der Waals surface area contributed by atoms with Crippen LogP contribution in [-0.2, 0) is 0 Å². The average molecular weight is 476 g/mol. The Kier molecular flexibility index (Phi) is 6.11. The summed E-state index contributed by atoms with van der Waals surface area (Å²) in [7, 11) is 0. The molecular formula is C23H18BrN5S. The van der Waals surface area contributed by atoms with E-state index in [0.717, 1.165) is 32.7 Å². The van der Waals surface area contributed by atoms with Gasteiger partial charge in [0.05, 0.1) is 11.4 Å². The fraction of sp³-hybridized carbons (Fsp3) is 0.0435. The number of pyridine rings is 1. The molecule has 30 heavy (non-hydrogen) atoms. The minimum absolute atomic E-state index is 0.413. The number of aromatic nitrogens is 3. The number of hydrogen-bond donors (Lipinski definition) is 2. The lowest BCUT2D eigenvalue weighted by atomic mass is 10.1. The van der Waals surface area contributed by atoms with E-state index in [4.69, 9.17) is 12.2 Å². The second-order valence-corrected chi connectivity index (χ2v) is 7.99. The quantitative estimate of drug-likeness (QED) is 0.348. The van der Waals surface area contributed by atoms with Gasteiger partial charge in [-0.1, -0.05) is 48.0 Å². The van der Waals surface area contributed by atoms with E-state index in [1.165, 1.54) is 5.56 Å². The molecule has 2 heterocycles. The predicted molar refractivity (Wildman–Crippen MR) is 129 cm³/mol. The molecule has 0 aliphatic rings. The summed E-state index contributed by atoms with van der Waals surface area (Å²) in [4.78, 5) is 13.6. The third-order valence-corrected chi connectivity index (χ3v) is 4.97. The zero-order valence-corrected chi connectivity index (χ0v) is 18.5. The maximum atomic E-state index is 5.47. The second-order valence-electron chi connectivity index (χ2n) is 6.67. The Balaban J connectivity index is 1.66. The van der Waals surface area contributed by atoms with E-state index in [1.54, 1.807) is 12.4 Å². The number of benzene rings is 2. The lowest BCUT2D eigenvalue weighted by molar-refractivity contribution is 1.17. The lowest BCUT2D eigenvalue weighted by Crippen LogP contribution is -2.20. The van der Waals surface area contributed by atoms with Crippen molar-refractivity contribution < 1.29 is 0 Å². The first-order valence-electron chi connectivity index (χ1n) is 9.27. The van der Waals surface area contributed by atoms with Crippen LogP contribution in [0.1, 0.15) is 5.56 Å². The van der Waals surface area contributed by atoms with Gasteiger partial charge in [-0.2, -0.15) is 0 Å². The first kappa shape index (κ1) is 20.1. The molecule has 7 heteroatoms. The van der Waals surface area contributed by atoms with Crippen LogP contribution in [0.25, 0.3) is 22.5 Å². The van der Waals surface area contributed by atoms with Crippen LogP contribution in [0.3, 0.4) is 0 Å². The Morgan fingerprint density at radius 3 is 2.23 bits per heavy atom. The number of rotatable bonds is 4. The van der Waals surface area contributed by atoms with Gasteiger partial charge in [-0.15, -0.1) is 0 Å². The summed E-state index contributed by atoms with van der Waals surface area (Å²) in [6.07, 6.45) is 3.51. The van der Waals surface area contributed by atoms with Crippen LogP contribution in [0.4, 0.5) is 11.6 Å². The normalized spacial score (nSPS) is 10.5. The van der Waals surface area contributed by atoms with Crippen LogP contribution < -0.4 is 10.6 Å². The highest BCUT2D eigenvalue weighted by molar-refractivity contribution is 9.10. The van der Waals surface area contributed by atoms with Gasteiger partial charge in [0.25, 0.3) is 0 Å². The molecule has 148 valence electrons. The molecule has 0 aliphatic carbocycles. The van der Waals surface area contributed by atoms with E-state index in [0.29, 0.717) is 11.1 Å². The third kappa shape index (κ3) is 5.06. The maximum absolute atomic E-state index is 5.47. The van der Waals surface area contributed by atoms with Crippen molar-refractivity contribution in [2.45, 2.75) is 6.92 Å². The highest BCUT2D eigenvalue weighted by atomic mass is 79.9. The summed E-state index contributed by atoms with van der Waals surface area (Å²) < 4.78 is 0.881. The molecule has 0 aliphatic heterocycles. The van der Waals surface area contributed by atoms with E-state index < -0.39 is 0 Å². The van der Waals surface area contributed by atoms with Gasteiger partial charge in [-0.05, 0) is 59.3 Å². The number of thiocarbonyl (C=S) groups is 1. The minimum atomic E-state index is 0.413. The highest BCUT2D eigenvalue weighted by Crippen LogP contribution is 2.26. The van der Waals surface area contributed by atoms with Gasteiger partial charge in [0.15, 0.2) is 5.11 Å². The minimum Gasteiger partial charge on any atom is -0.332 e. The Morgan fingerprint density at radius 1 is 0.833 bits per heavy atom. The molecule has 2 aromatic heterocycles. The van der Waals surface area contributed by atoms with Crippen LogP contribution in [0, 0.1) is 6.92 Å². The van der Waals surface area contributed by atoms with Crippen molar-refractivity contribution in [3.8, 4) is 22.5 Å². The fourth-order valence-electron chi connectivity index (χ4n) is 2.86. The zero-order chi connectivity index (χ0) is 20.9. The van der Waals surface area contributed by atoms with Gasteiger partial charge >= 0.3 is 0 Å². The molecular weight excluding hydrogens is 458 g/mol. The molecule has 0 saturated carbocycles. The molecule has 0 atom stereocenters. The van der Waals surface area contributed by atoms with Crippen LogP contribution in [0.5, 0.6) is 0 Å². The molecule has 0 saturated heterocycles. The van der Waals surface area contributed by atoms with Crippen molar-refractivity contribution in [2.75, 3.05) is 10.6 Å². The van der Waals surface area contributed by atoms with Crippen molar-refractivity contribution in [3.63, 3.8) is 0 Å². The zero-order valence-electron chi connectivity index (χ0n) is 16.1. The number of nitrogens with zero attached hydrogens (tertiary/aromatic N) is 3. The Bertz CT molecular complexity index is 1180. The van der Waals surface area contributed by atoms with Crippen LogP contribution in [0.15, 0.2) is 83.6 Å². The summed E-state index contributed by atoms with van der Waals surface area (Å²) in [6, 6.07) is 21.9. The molecule has 0 unspecified atom stereocenters. The van der Waals surface area contributed by atoms with Gasteiger partial charge in [-0.3, -0.25) is 4.98 Å². The highest BCUT2D eigenvalue weighted by Gasteiger charge is 2.11. The molecule has 0 radical (unpaired) electrons. The van der Waals surface area contributed by atoms with Crippen LogP contribution in [-0.4, -0.2) is 20.1 Å². The smallest absolute Gasteiger partial charge is 0.230 e. The molecule has 0 amide bonds.